The van der Waals surface area contributed by atoms with Crippen molar-refractivity contribution < 1.29 is 14.9 Å². The molecule has 2 unspecified atom stereocenters. The van der Waals surface area contributed by atoms with Crippen LogP contribution in [0.15, 0.2) is 16.8 Å². The van der Waals surface area contributed by atoms with Crippen LogP contribution in [-0.4, -0.2) is 42.1 Å². The topological polar surface area (TPSA) is 61.7 Å². The molecule has 0 bridgehead atoms. The number of thiophene rings is 1. The van der Waals surface area contributed by atoms with Crippen LogP contribution in [0.5, 0.6) is 0 Å². The van der Waals surface area contributed by atoms with Gasteiger partial charge in [-0.1, -0.05) is 0 Å². The summed E-state index contributed by atoms with van der Waals surface area (Å²) in [6.45, 7) is 5.05. The van der Waals surface area contributed by atoms with Gasteiger partial charge in [0, 0.05) is 13.1 Å². The Hall–Kier alpha value is -0.460. The highest BCUT2D eigenvalue weighted by atomic mass is 32.1. The predicted molar refractivity (Wildman–Crippen MR) is 69.2 cm³/mol. The lowest BCUT2D eigenvalue weighted by Crippen LogP contribution is -2.33. The number of rotatable bonds is 8. The van der Waals surface area contributed by atoms with Gasteiger partial charge in [-0.3, -0.25) is 0 Å². The first-order valence-electron chi connectivity index (χ1n) is 5.80. The summed E-state index contributed by atoms with van der Waals surface area (Å²) in [6.07, 6.45) is -0.924. The number of hydrogen-bond donors (Lipinski definition) is 3. The van der Waals surface area contributed by atoms with Gasteiger partial charge in [-0.2, -0.15) is 11.3 Å². The minimum atomic E-state index is -0.535. The molecule has 0 saturated heterocycles. The number of nitrogens with one attached hydrogen (secondary N) is 1. The fourth-order valence-electron chi connectivity index (χ4n) is 1.33. The molecule has 0 aliphatic carbocycles. The largest absolute Gasteiger partial charge is 0.389 e. The van der Waals surface area contributed by atoms with Crippen molar-refractivity contribution in [2.45, 2.75) is 32.2 Å². The van der Waals surface area contributed by atoms with Crippen molar-refractivity contribution >= 4 is 11.3 Å². The van der Waals surface area contributed by atoms with Gasteiger partial charge in [-0.05, 0) is 36.2 Å². The summed E-state index contributed by atoms with van der Waals surface area (Å²) in [5, 5.41) is 26.2. The summed E-state index contributed by atoms with van der Waals surface area (Å²) in [4.78, 5) is 0. The van der Waals surface area contributed by atoms with E-state index < -0.39 is 12.2 Å². The van der Waals surface area contributed by atoms with E-state index in [1.54, 1.807) is 11.3 Å². The van der Waals surface area contributed by atoms with Crippen LogP contribution in [0.2, 0.25) is 0 Å². The lowest BCUT2D eigenvalue weighted by atomic mass is 10.2. The van der Waals surface area contributed by atoms with Gasteiger partial charge in [0.1, 0.15) is 0 Å². The maximum Gasteiger partial charge on any atom is 0.0922 e. The third kappa shape index (κ3) is 6.14. The van der Waals surface area contributed by atoms with Crippen molar-refractivity contribution in [1.82, 2.24) is 5.32 Å². The van der Waals surface area contributed by atoms with Crippen molar-refractivity contribution in [3.8, 4) is 0 Å². The molecule has 0 aliphatic rings. The van der Waals surface area contributed by atoms with Crippen LogP contribution in [-0.2, 0) is 4.74 Å². The highest BCUT2D eigenvalue weighted by Crippen LogP contribution is 2.14. The molecule has 98 valence electrons. The normalized spacial score (nSPS) is 15.1. The van der Waals surface area contributed by atoms with Crippen molar-refractivity contribution in [2.75, 3.05) is 19.7 Å². The molecular formula is C12H21NO3S. The first-order valence-corrected chi connectivity index (χ1v) is 6.74. The Kier molecular flexibility index (Phi) is 6.69. The zero-order valence-corrected chi connectivity index (χ0v) is 11.1. The molecule has 3 N–H and O–H groups in total. The zero-order valence-electron chi connectivity index (χ0n) is 10.3. The van der Waals surface area contributed by atoms with E-state index >= 15 is 0 Å². The Morgan fingerprint density at radius 1 is 1.35 bits per heavy atom. The van der Waals surface area contributed by atoms with Gasteiger partial charge in [-0.15, -0.1) is 0 Å². The predicted octanol–water partition coefficient (Wildman–Crippen LogP) is 1.16. The summed E-state index contributed by atoms with van der Waals surface area (Å²) < 4.78 is 5.28. The average molecular weight is 259 g/mol. The van der Waals surface area contributed by atoms with Crippen molar-refractivity contribution in [3.63, 3.8) is 0 Å². The van der Waals surface area contributed by atoms with Gasteiger partial charge in [0.05, 0.1) is 24.9 Å². The second-order valence-electron chi connectivity index (χ2n) is 4.27. The van der Waals surface area contributed by atoms with Crippen LogP contribution >= 0.6 is 11.3 Å². The van der Waals surface area contributed by atoms with E-state index in [0.29, 0.717) is 19.7 Å². The summed E-state index contributed by atoms with van der Waals surface area (Å²) in [5.74, 6) is 0. The standard InChI is InChI=1S/C12H21NO3S/c1-9(2)16-7-11(14)5-13-6-12(15)10-3-4-17-8-10/h3-4,8-9,11-15H,5-7H2,1-2H3. The van der Waals surface area contributed by atoms with E-state index in [4.69, 9.17) is 4.74 Å². The van der Waals surface area contributed by atoms with E-state index in [0.717, 1.165) is 5.56 Å². The van der Waals surface area contributed by atoms with Crippen molar-refractivity contribution in [2.24, 2.45) is 0 Å². The Morgan fingerprint density at radius 3 is 2.71 bits per heavy atom. The Morgan fingerprint density at radius 2 is 2.12 bits per heavy atom. The summed E-state index contributed by atoms with van der Waals surface area (Å²) >= 11 is 1.56. The van der Waals surface area contributed by atoms with Crippen LogP contribution in [0.1, 0.15) is 25.5 Å². The Labute approximate surface area is 106 Å². The fourth-order valence-corrected chi connectivity index (χ4v) is 2.04. The highest BCUT2D eigenvalue weighted by molar-refractivity contribution is 7.07. The molecule has 0 saturated carbocycles. The Bertz CT molecular complexity index is 290. The first-order chi connectivity index (χ1) is 8.09. The maximum atomic E-state index is 9.77. The molecule has 5 heteroatoms. The molecular weight excluding hydrogens is 238 g/mol. The van der Waals surface area contributed by atoms with Gasteiger partial charge < -0.3 is 20.3 Å². The van der Waals surface area contributed by atoms with E-state index in [-0.39, 0.29) is 6.10 Å². The third-order valence-corrected chi connectivity index (χ3v) is 2.97. The smallest absolute Gasteiger partial charge is 0.0922 e. The molecule has 17 heavy (non-hydrogen) atoms. The lowest BCUT2D eigenvalue weighted by Gasteiger charge is -2.15. The average Bonchev–Trinajstić information content (AvgIpc) is 2.79. The highest BCUT2D eigenvalue weighted by Gasteiger charge is 2.09. The van der Waals surface area contributed by atoms with Gasteiger partial charge in [0.2, 0.25) is 0 Å². The number of aliphatic hydroxyl groups excluding tert-OH is 2. The number of hydrogen-bond acceptors (Lipinski definition) is 5. The second-order valence-corrected chi connectivity index (χ2v) is 5.05. The molecule has 0 fully saturated rings. The molecule has 0 aromatic carbocycles. The molecule has 1 rings (SSSR count). The number of ether oxygens (including phenoxy) is 1. The minimum Gasteiger partial charge on any atom is -0.389 e. The van der Waals surface area contributed by atoms with Crippen molar-refractivity contribution in [1.29, 1.82) is 0 Å². The van der Waals surface area contributed by atoms with E-state index in [9.17, 15) is 10.2 Å². The maximum absolute atomic E-state index is 9.77. The first kappa shape index (κ1) is 14.6. The van der Waals surface area contributed by atoms with Crippen LogP contribution in [0.3, 0.4) is 0 Å². The molecule has 0 radical (unpaired) electrons. The molecule has 0 spiro atoms. The fraction of sp³-hybridized carbons (Fsp3) is 0.667. The second kappa shape index (κ2) is 7.79. The third-order valence-electron chi connectivity index (χ3n) is 2.27. The Balaban J connectivity index is 2.11. The summed E-state index contributed by atoms with van der Waals surface area (Å²) in [6, 6.07) is 1.90. The molecule has 0 aliphatic heterocycles. The molecule has 1 aromatic heterocycles. The van der Waals surface area contributed by atoms with Crippen LogP contribution in [0, 0.1) is 0 Å². The van der Waals surface area contributed by atoms with Gasteiger partial charge in [0.15, 0.2) is 0 Å². The van der Waals surface area contributed by atoms with E-state index in [1.165, 1.54) is 0 Å². The molecule has 1 heterocycles. The van der Waals surface area contributed by atoms with Crippen molar-refractivity contribution in [3.05, 3.63) is 22.4 Å². The van der Waals surface area contributed by atoms with Crippen LogP contribution in [0.25, 0.3) is 0 Å². The van der Waals surface area contributed by atoms with Gasteiger partial charge in [0.25, 0.3) is 0 Å². The SMILES string of the molecule is CC(C)OCC(O)CNCC(O)c1ccsc1. The quantitative estimate of drug-likeness (QED) is 0.655. The summed E-state index contributed by atoms with van der Waals surface area (Å²) in [7, 11) is 0. The molecule has 4 nitrogen and oxygen atoms in total. The number of aliphatic hydroxyl groups is 2. The zero-order chi connectivity index (χ0) is 12.7. The lowest BCUT2D eigenvalue weighted by molar-refractivity contribution is 0.00539. The van der Waals surface area contributed by atoms with Gasteiger partial charge >= 0.3 is 0 Å². The van der Waals surface area contributed by atoms with Crippen LogP contribution in [0.4, 0.5) is 0 Å². The van der Waals surface area contributed by atoms with Crippen LogP contribution < -0.4 is 5.32 Å². The molecule has 1 aromatic rings. The monoisotopic (exact) mass is 259 g/mol. The summed E-state index contributed by atoms with van der Waals surface area (Å²) in [5.41, 5.74) is 0.912. The van der Waals surface area contributed by atoms with E-state index in [2.05, 4.69) is 5.32 Å². The molecule has 0 amide bonds. The molecule has 2 atom stereocenters. The minimum absolute atomic E-state index is 0.126. The van der Waals surface area contributed by atoms with Gasteiger partial charge in [-0.25, -0.2) is 0 Å². The van der Waals surface area contributed by atoms with E-state index in [1.807, 2.05) is 30.7 Å².